The van der Waals surface area contributed by atoms with Crippen LogP contribution >= 0.6 is 0 Å². The van der Waals surface area contributed by atoms with Crippen LogP contribution in [0.15, 0.2) is 96.6 Å². The van der Waals surface area contributed by atoms with Crippen LogP contribution in [0.4, 0.5) is 5.69 Å². The molecule has 38 heavy (non-hydrogen) atoms. The Morgan fingerprint density at radius 3 is 2.16 bits per heavy atom. The lowest BCUT2D eigenvalue weighted by atomic mass is 9.95. The summed E-state index contributed by atoms with van der Waals surface area (Å²) in [5.41, 5.74) is 7.01. The number of aromatic nitrogens is 1. The average Bonchev–Trinajstić information content (AvgIpc) is 3.39. The van der Waals surface area contributed by atoms with Gasteiger partial charge in [-0.3, -0.25) is 4.79 Å². The fraction of sp³-hybridized carbons (Fsp3) is 0.188. The van der Waals surface area contributed by atoms with Gasteiger partial charge in [-0.1, -0.05) is 86.6 Å². The lowest BCUT2D eigenvalue weighted by Gasteiger charge is -2.16. The Kier molecular flexibility index (Phi) is 6.99. The third-order valence-electron chi connectivity index (χ3n) is 6.88. The summed E-state index contributed by atoms with van der Waals surface area (Å²) >= 11 is 0. The molecule has 0 fully saturated rings. The molecule has 0 aliphatic carbocycles. The SMILES string of the molecule is Cc1c(C(=O)Nc2ccccc2)c(-c2ccccc2)c(-c2ccc(C(C)C)cc2)n1CC1=CC(=O)OC1O. The lowest BCUT2D eigenvalue weighted by molar-refractivity contribution is -0.151. The van der Waals surface area contributed by atoms with Gasteiger partial charge in [0.1, 0.15) is 0 Å². The Morgan fingerprint density at radius 2 is 1.58 bits per heavy atom. The first-order valence-corrected chi connectivity index (χ1v) is 12.7. The van der Waals surface area contributed by atoms with Crippen molar-refractivity contribution in [3.05, 3.63) is 113 Å². The maximum atomic E-state index is 13.9. The molecular formula is C32H30N2O4. The normalized spacial score (nSPS) is 14.9. The van der Waals surface area contributed by atoms with Crippen molar-refractivity contribution in [2.24, 2.45) is 0 Å². The molecule has 0 bridgehead atoms. The monoisotopic (exact) mass is 506 g/mol. The molecule has 1 aliphatic rings. The predicted molar refractivity (Wildman–Crippen MR) is 149 cm³/mol. The Bertz CT molecular complexity index is 1500. The van der Waals surface area contributed by atoms with E-state index < -0.39 is 12.3 Å². The summed E-state index contributed by atoms with van der Waals surface area (Å²) in [5.74, 6) is -0.439. The quantitative estimate of drug-likeness (QED) is 0.288. The molecule has 2 heterocycles. The summed E-state index contributed by atoms with van der Waals surface area (Å²) < 4.78 is 6.94. The summed E-state index contributed by atoms with van der Waals surface area (Å²) in [7, 11) is 0. The zero-order valence-corrected chi connectivity index (χ0v) is 21.6. The van der Waals surface area contributed by atoms with Gasteiger partial charge in [0.05, 0.1) is 17.8 Å². The molecule has 3 aromatic carbocycles. The van der Waals surface area contributed by atoms with E-state index in [0.717, 1.165) is 22.4 Å². The van der Waals surface area contributed by atoms with Crippen LogP contribution in [0.25, 0.3) is 22.4 Å². The van der Waals surface area contributed by atoms with E-state index in [4.69, 9.17) is 4.74 Å². The minimum absolute atomic E-state index is 0.193. The van der Waals surface area contributed by atoms with Gasteiger partial charge in [0.25, 0.3) is 5.91 Å². The van der Waals surface area contributed by atoms with Gasteiger partial charge in [-0.2, -0.15) is 0 Å². The zero-order chi connectivity index (χ0) is 26.8. The molecule has 5 rings (SSSR count). The molecule has 1 aromatic heterocycles. The summed E-state index contributed by atoms with van der Waals surface area (Å²) in [6.07, 6.45) is 0.00371. The van der Waals surface area contributed by atoms with Gasteiger partial charge in [-0.25, -0.2) is 4.79 Å². The third kappa shape index (κ3) is 4.91. The van der Waals surface area contributed by atoms with Crippen LogP contribution in [0.1, 0.15) is 41.4 Å². The highest BCUT2D eigenvalue weighted by Crippen LogP contribution is 2.41. The van der Waals surface area contributed by atoms with Gasteiger partial charge in [-0.05, 0) is 41.7 Å². The number of hydrogen-bond donors (Lipinski definition) is 2. The van der Waals surface area contributed by atoms with E-state index in [9.17, 15) is 14.7 Å². The highest BCUT2D eigenvalue weighted by Gasteiger charge is 2.30. The summed E-state index contributed by atoms with van der Waals surface area (Å²) in [6.45, 7) is 6.38. The second kappa shape index (κ2) is 10.5. The number of benzene rings is 3. The number of carbonyl (C=O) groups is 2. The van der Waals surface area contributed by atoms with Gasteiger partial charge in [0.2, 0.25) is 6.29 Å². The Balaban J connectivity index is 1.74. The number of nitrogens with zero attached hydrogens (tertiary/aromatic N) is 1. The van der Waals surface area contributed by atoms with E-state index in [0.29, 0.717) is 28.4 Å². The molecule has 4 aromatic rings. The topological polar surface area (TPSA) is 80.6 Å². The number of hydrogen-bond acceptors (Lipinski definition) is 4. The second-order valence-corrected chi connectivity index (χ2v) is 9.74. The fourth-order valence-electron chi connectivity index (χ4n) is 4.89. The van der Waals surface area contributed by atoms with Crippen LogP contribution in [-0.2, 0) is 16.1 Å². The minimum Gasteiger partial charge on any atom is -0.429 e. The number of nitrogens with one attached hydrogen (secondary N) is 1. The van der Waals surface area contributed by atoms with Gasteiger partial charge in [0.15, 0.2) is 0 Å². The Morgan fingerprint density at radius 1 is 0.947 bits per heavy atom. The molecule has 1 unspecified atom stereocenters. The van der Waals surface area contributed by atoms with Crippen LogP contribution in [0.5, 0.6) is 0 Å². The molecular weight excluding hydrogens is 476 g/mol. The van der Waals surface area contributed by atoms with E-state index in [1.807, 2.05) is 72.2 Å². The number of carbonyl (C=O) groups excluding carboxylic acids is 2. The zero-order valence-electron chi connectivity index (χ0n) is 21.6. The van der Waals surface area contributed by atoms with Crippen molar-refractivity contribution in [3.63, 3.8) is 0 Å². The molecule has 1 aliphatic heterocycles. The molecule has 0 spiro atoms. The highest BCUT2D eigenvalue weighted by atomic mass is 16.6. The molecule has 1 amide bonds. The number of rotatable bonds is 7. The van der Waals surface area contributed by atoms with Crippen molar-refractivity contribution in [2.45, 2.75) is 39.5 Å². The average molecular weight is 507 g/mol. The van der Waals surface area contributed by atoms with Crippen molar-refractivity contribution in [3.8, 4) is 22.4 Å². The number of esters is 1. The van der Waals surface area contributed by atoms with Crippen LogP contribution in [0.2, 0.25) is 0 Å². The highest BCUT2D eigenvalue weighted by molar-refractivity contribution is 6.12. The van der Waals surface area contributed by atoms with Crippen molar-refractivity contribution in [1.82, 2.24) is 4.57 Å². The first kappa shape index (κ1) is 25.2. The fourth-order valence-corrected chi connectivity index (χ4v) is 4.89. The van der Waals surface area contributed by atoms with Crippen LogP contribution in [0, 0.1) is 6.92 Å². The van der Waals surface area contributed by atoms with Crippen molar-refractivity contribution in [2.75, 3.05) is 5.32 Å². The maximum Gasteiger partial charge on any atom is 0.333 e. The van der Waals surface area contributed by atoms with E-state index in [1.54, 1.807) is 0 Å². The lowest BCUT2D eigenvalue weighted by Crippen LogP contribution is -2.16. The molecule has 0 radical (unpaired) electrons. The number of anilines is 1. The van der Waals surface area contributed by atoms with Crippen molar-refractivity contribution >= 4 is 17.6 Å². The minimum atomic E-state index is -1.32. The van der Waals surface area contributed by atoms with Gasteiger partial charge < -0.3 is 19.7 Å². The Labute approximate surface area is 222 Å². The first-order chi connectivity index (χ1) is 18.3. The summed E-state index contributed by atoms with van der Waals surface area (Å²) in [4.78, 5) is 25.7. The Hall–Kier alpha value is -4.42. The summed E-state index contributed by atoms with van der Waals surface area (Å²) in [5, 5.41) is 13.4. The molecule has 1 atom stereocenters. The standard InChI is InChI=1S/C32H30N2O4/c1-20(2)22-14-16-24(17-15-22)30-29(23-10-6-4-7-11-23)28(31(36)33-26-12-8-5-9-13-26)21(3)34(30)19-25-18-27(35)38-32(25)37/h4-18,20,32,37H,19H2,1-3H3,(H,33,36). The van der Waals surface area contributed by atoms with E-state index >= 15 is 0 Å². The third-order valence-corrected chi connectivity index (χ3v) is 6.88. The number of para-hydroxylation sites is 1. The van der Waals surface area contributed by atoms with Crippen LogP contribution in [-0.4, -0.2) is 27.8 Å². The first-order valence-electron chi connectivity index (χ1n) is 12.7. The van der Waals surface area contributed by atoms with E-state index in [2.05, 4.69) is 43.4 Å². The second-order valence-electron chi connectivity index (χ2n) is 9.74. The smallest absolute Gasteiger partial charge is 0.333 e. The number of ether oxygens (including phenoxy) is 1. The molecule has 6 heteroatoms. The molecule has 0 saturated heterocycles. The number of aliphatic hydroxyl groups excluding tert-OH is 1. The van der Waals surface area contributed by atoms with Crippen LogP contribution < -0.4 is 5.32 Å². The van der Waals surface area contributed by atoms with Gasteiger partial charge in [-0.15, -0.1) is 0 Å². The summed E-state index contributed by atoms with van der Waals surface area (Å²) in [6, 6.07) is 27.5. The largest absolute Gasteiger partial charge is 0.429 e. The van der Waals surface area contributed by atoms with E-state index in [1.165, 1.54) is 11.6 Å². The van der Waals surface area contributed by atoms with E-state index in [-0.39, 0.29) is 12.5 Å². The van der Waals surface area contributed by atoms with Crippen molar-refractivity contribution < 1.29 is 19.4 Å². The maximum absolute atomic E-state index is 13.9. The molecule has 0 saturated carbocycles. The number of amides is 1. The number of cyclic esters (lactones) is 1. The number of aliphatic hydroxyl groups is 1. The van der Waals surface area contributed by atoms with Gasteiger partial charge >= 0.3 is 5.97 Å². The van der Waals surface area contributed by atoms with Crippen molar-refractivity contribution in [1.29, 1.82) is 0 Å². The van der Waals surface area contributed by atoms with Gasteiger partial charge in [0, 0.05) is 28.6 Å². The van der Waals surface area contributed by atoms with Crippen LogP contribution in [0.3, 0.4) is 0 Å². The molecule has 2 N–H and O–H groups in total. The molecule has 192 valence electrons. The molecule has 6 nitrogen and oxygen atoms in total. The predicted octanol–water partition coefficient (Wildman–Crippen LogP) is 6.31.